The average Bonchev–Trinajstić information content (AvgIpc) is 2.79. The zero-order chi connectivity index (χ0) is 12.5. The van der Waals surface area contributed by atoms with Crippen LogP contribution in [0.3, 0.4) is 0 Å². The van der Waals surface area contributed by atoms with Gasteiger partial charge in [-0.2, -0.15) is 4.68 Å². The Kier molecular flexibility index (Phi) is 2.30. The second-order valence-electron chi connectivity index (χ2n) is 3.74. The largest absolute Gasteiger partial charge is 0.421 e. The maximum Gasteiger partial charge on any atom is 0.340 e. The van der Waals surface area contributed by atoms with Crippen molar-refractivity contribution in [3.63, 3.8) is 0 Å². The van der Waals surface area contributed by atoms with Crippen molar-refractivity contribution in [1.29, 1.82) is 0 Å². The van der Waals surface area contributed by atoms with Gasteiger partial charge in [0.05, 0.1) is 0 Å². The molecule has 0 atom stereocenters. The highest BCUT2D eigenvalue weighted by atomic mass is 16.5. The van der Waals surface area contributed by atoms with Gasteiger partial charge in [0.1, 0.15) is 5.52 Å². The summed E-state index contributed by atoms with van der Waals surface area (Å²) in [6, 6.07) is 7.53. The molecular formula is C11H10N6O. The topological polar surface area (TPSA) is 91.7 Å². The van der Waals surface area contributed by atoms with Crippen molar-refractivity contribution in [2.24, 2.45) is 7.05 Å². The number of anilines is 1. The normalized spacial score (nSPS) is 10.7. The fourth-order valence-corrected chi connectivity index (χ4v) is 1.66. The van der Waals surface area contributed by atoms with E-state index in [1.807, 2.05) is 12.1 Å². The zero-order valence-electron chi connectivity index (χ0n) is 9.61. The minimum Gasteiger partial charge on any atom is -0.421 e. The number of aryl methyl sites for hydroxylation is 1. The first kappa shape index (κ1) is 10.5. The number of hydrogen-bond donors (Lipinski definition) is 1. The molecule has 0 fully saturated rings. The number of pyridine rings is 1. The monoisotopic (exact) mass is 242 g/mol. The number of fused-ring (bicyclic) bond motifs is 1. The van der Waals surface area contributed by atoms with Crippen LogP contribution in [0.4, 0.5) is 5.69 Å². The summed E-state index contributed by atoms with van der Waals surface area (Å²) in [6.45, 7) is 0. The number of ether oxygens (including phenoxy) is 1. The van der Waals surface area contributed by atoms with Gasteiger partial charge in [0.2, 0.25) is 0 Å². The quantitative estimate of drug-likeness (QED) is 0.677. The fraction of sp³-hybridized carbons (Fsp3) is 0.0909. The van der Waals surface area contributed by atoms with Crippen LogP contribution in [-0.4, -0.2) is 25.2 Å². The molecule has 0 radical (unpaired) electrons. The summed E-state index contributed by atoms with van der Waals surface area (Å²) in [5, 5.41) is 11.8. The van der Waals surface area contributed by atoms with Crippen LogP contribution < -0.4 is 10.5 Å². The second-order valence-corrected chi connectivity index (χ2v) is 3.74. The van der Waals surface area contributed by atoms with E-state index in [9.17, 15) is 0 Å². The molecule has 2 aromatic heterocycles. The minimum atomic E-state index is 0.298. The van der Waals surface area contributed by atoms with Crippen LogP contribution in [0.2, 0.25) is 0 Å². The SMILES string of the molecule is Cn1nnnc1Oc1ccc(N)c2cccnc12. The van der Waals surface area contributed by atoms with Crippen LogP contribution in [0.15, 0.2) is 30.5 Å². The first-order valence-corrected chi connectivity index (χ1v) is 5.29. The van der Waals surface area contributed by atoms with Crippen LogP contribution in [0.1, 0.15) is 0 Å². The Hall–Kier alpha value is -2.70. The van der Waals surface area contributed by atoms with Gasteiger partial charge in [-0.05, 0) is 34.7 Å². The highest BCUT2D eigenvalue weighted by Gasteiger charge is 2.10. The van der Waals surface area contributed by atoms with Crippen LogP contribution in [0, 0.1) is 0 Å². The Morgan fingerprint density at radius 3 is 2.94 bits per heavy atom. The molecule has 3 rings (SSSR count). The molecule has 7 heteroatoms. The Balaban J connectivity index is 2.13. The molecule has 7 nitrogen and oxygen atoms in total. The van der Waals surface area contributed by atoms with Crippen LogP contribution in [-0.2, 0) is 7.05 Å². The molecule has 0 aliphatic carbocycles. The number of nitrogens with zero attached hydrogens (tertiary/aromatic N) is 5. The molecule has 0 saturated carbocycles. The van der Waals surface area contributed by atoms with E-state index in [-0.39, 0.29) is 0 Å². The summed E-state index contributed by atoms with van der Waals surface area (Å²) in [5.41, 5.74) is 7.22. The summed E-state index contributed by atoms with van der Waals surface area (Å²) in [5.74, 6) is 0.567. The molecule has 0 aliphatic heterocycles. The van der Waals surface area contributed by atoms with Crippen molar-refractivity contribution in [3.05, 3.63) is 30.5 Å². The predicted octanol–water partition coefficient (Wildman–Crippen LogP) is 1.13. The van der Waals surface area contributed by atoms with Crippen molar-refractivity contribution in [2.75, 3.05) is 5.73 Å². The molecule has 1 aromatic carbocycles. The molecule has 0 bridgehead atoms. The van der Waals surface area contributed by atoms with Gasteiger partial charge in [-0.15, -0.1) is 0 Å². The Morgan fingerprint density at radius 2 is 2.17 bits per heavy atom. The lowest BCUT2D eigenvalue weighted by Gasteiger charge is -2.07. The fourth-order valence-electron chi connectivity index (χ4n) is 1.66. The second kappa shape index (κ2) is 3.95. The van der Waals surface area contributed by atoms with E-state index in [0.29, 0.717) is 23.0 Å². The van der Waals surface area contributed by atoms with Gasteiger partial charge in [0, 0.05) is 24.3 Å². The highest BCUT2D eigenvalue weighted by Crippen LogP contribution is 2.30. The van der Waals surface area contributed by atoms with E-state index in [1.165, 1.54) is 4.68 Å². The van der Waals surface area contributed by atoms with Gasteiger partial charge in [-0.1, -0.05) is 5.10 Å². The van der Waals surface area contributed by atoms with E-state index in [0.717, 1.165) is 5.39 Å². The maximum absolute atomic E-state index is 5.89. The van der Waals surface area contributed by atoms with Crippen molar-refractivity contribution >= 4 is 16.6 Å². The van der Waals surface area contributed by atoms with Gasteiger partial charge < -0.3 is 10.5 Å². The summed E-state index contributed by atoms with van der Waals surface area (Å²) in [7, 11) is 1.70. The van der Waals surface area contributed by atoms with Gasteiger partial charge in [-0.3, -0.25) is 4.98 Å². The highest BCUT2D eigenvalue weighted by molar-refractivity contribution is 5.94. The number of nitrogens with two attached hydrogens (primary N) is 1. The van der Waals surface area contributed by atoms with Crippen molar-refractivity contribution in [2.45, 2.75) is 0 Å². The number of aromatic nitrogens is 5. The Labute approximate surface area is 102 Å². The number of rotatable bonds is 2. The van der Waals surface area contributed by atoms with Gasteiger partial charge in [0.25, 0.3) is 0 Å². The Bertz CT molecular complexity index is 708. The molecule has 0 spiro atoms. The third-order valence-corrected chi connectivity index (χ3v) is 2.55. The van der Waals surface area contributed by atoms with E-state index in [1.54, 1.807) is 25.4 Å². The first-order chi connectivity index (χ1) is 8.75. The lowest BCUT2D eigenvalue weighted by molar-refractivity contribution is 0.418. The molecule has 0 unspecified atom stereocenters. The standard InChI is InChI=1S/C11H10N6O/c1-17-11(14-15-16-17)18-9-5-4-8(12)7-3-2-6-13-10(7)9/h2-6H,12H2,1H3. The number of benzene rings is 1. The van der Waals surface area contributed by atoms with E-state index >= 15 is 0 Å². The Morgan fingerprint density at radius 1 is 1.28 bits per heavy atom. The molecule has 0 aliphatic rings. The average molecular weight is 242 g/mol. The van der Waals surface area contributed by atoms with Crippen LogP contribution in [0.5, 0.6) is 11.8 Å². The molecule has 2 N–H and O–H groups in total. The minimum absolute atomic E-state index is 0.298. The summed E-state index contributed by atoms with van der Waals surface area (Å²) < 4.78 is 7.06. The predicted molar refractivity (Wildman–Crippen MR) is 65.0 cm³/mol. The molecule has 90 valence electrons. The molecular weight excluding hydrogens is 232 g/mol. The van der Waals surface area contributed by atoms with Crippen LogP contribution in [0.25, 0.3) is 10.9 Å². The van der Waals surface area contributed by atoms with E-state index in [4.69, 9.17) is 10.5 Å². The smallest absolute Gasteiger partial charge is 0.340 e. The van der Waals surface area contributed by atoms with Gasteiger partial charge in [0.15, 0.2) is 5.75 Å². The number of nitrogen functional groups attached to an aromatic ring is 1. The van der Waals surface area contributed by atoms with Crippen molar-refractivity contribution < 1.29 is 4.74 Å². The number of hydrogen-bond acceptors (Lipinski definition) is 6. The first-order valence-electron chi connectivity index (χ1n) is 5.29. The van der Waals surface area contributed by atoms with Crippen molar-refractivity contribution in [3.8, 4) is 11.8 Å². The van der Waals surface area contributed by atoms with Crippen LogP contribution >= 0.6 is 0 Å². The molecule has 3 aromatic rings. The summed E-state index contributed by atoms with van der Waals surface area (Å²) in [4.78, 5) is 4.27. The molecule has 2 heterocycles. The summed E-state index contributed by atoms with van der Waals surface area (Å²) >= 11 is 0. The number of tetrazole rings is 1. The molecule has 18 heavy (non-hydrogen) atoms. The summed E-state index contributed by atoms with van der Waals surface area (Å²) in [6.07, 6.45) is 1.68. The lowest BCUT2D eigenvalue weighted by atomic mass is 10.2. The lowest BCUT2D eigenvalue weighted by Crippen LogP contribution is -1.98. The third-order valence-electron chi connectivity index (χ3n) is 2.55. The van der Waals surface area contributed by atoms with E-state index < -0.39 is 0 Å². The maximum atomic E-state index is 5.89. The van der Waals surface area contributed by atoms with Crippen molar-refractivity contribution in [1.82, 2.24) is 25.2 Å². The van der Waals surface area contributed by atoms with E-state index in [2.05, 4.69) is 20.5 Å². The third kappa shape index (κ3) is 1.61. The molecule has 0 saturated heterocycles. The molecule has 0 amide bonds. The zero-order valence-corrected chi connectivity index (χ0v) is 9.61. The van der Waals surface area contributed by atoms with Gasteiger partial charge in [-0.25, -0.2) is 0 Å². The van der Waals surface area contributed by atoms with Gasteiger partial charge >= 0.3 is 6.01 Å².